The summed E-state index contributed by atoms with van der Waals surface area (Å²) in [5, 5.41) is 4.59. The normalized spacial score (nSPS) is 34.0. The van der Waals surface area contributed by atoms with Crippen LogP contribution in [-0.2, 0) is 0 Å². The first kappa shape index (κ1) is 14.6. The van der Waals surface area contributed by atoms with Crippen molar-refractivity contribution in [3.8, 4) is 0 Å². The van der Waals surface area contributed by atoms with Gasteiger partial charge in [-0.1, -0.05) is 6.07 Å². The fourth-order valence-electron chi connectivity index (χ4n) is 6.41. The number of carbonyl (C=O) groups excluding carboxylic acids is 1. The number of rotatable bonds is 2. The predicted molar refractivity (Wildman–Crippen MR) is 96.1 cm³/mol. The quantitative estimate of drug-likeness (QED) is 0.841. The van der Waals surface area contributed by atoms with Crippen LogP contribution in [0.5, 0.6) is 0 Å². The third kappa shape index (κ3) is 2.13. The third-order valence-corrected chi connectivity index (χ3v) is 6.78. The number of benzene rings is 1. The summed E-state index contributed by atoms with van der Waals surface area (Å²) in [5.74, 6) is 2.67. The number of aromatic nitrogens is 1. The molecule has 4 aliphatic rings. The highest BCUT2D eigenvalue weighted by atomic mass is 16.1. The second-order valence-corrected chi connectivity index (χ2v) is 8.86. The number of H-pyrrole nitrogens is 1. The topological polar surface area (TPSA) is 44.9 Å². The Morgan fingerprint density at radius 3 is 2.33 bits per heavy atom. The smallest absolute Gasteiger partial charge is 0.253 e. The molecule has 6 rings (SSSR count). The molecule has 0 saturated heterocycles. The molecule has 1 aromatic heterocycles. The van der Waals surface area contributed by atoms with E-state index in [0.717, 1.165) is 34.2 Å². The van der Waals surface area contributed by atoms with Gasteiger partial charge in [0.1, 0.15) is 0 Å². The van der Waals surface area contributed by atoms with Crippen molar-refractivity contribution in [3.05, 3.63) is 35.0 Å². The lowest BCUT2D eigenvalue weighted by Crippen LogP contribution is -2.59. The first-order chi connectivity index (χ1) is 11.5. The fourth-order valence-corrected chi connectivity index (χ4v) is 6.41. The van der Waals surface area contributed by atoms with Crippen molar-refractivity contribution >= 4 is 16.8 Å². The Balaban J connectivity index is 1.47. The van der Waals surface area contributed by atoms with E-state index >= 15 is 0 Å². The molecule has 3 nitrogen and oxygen atoms in total. The zero-order valence-corrected chi connectivity index (χ0v) is 14.6. The zero-order valence-electron chi connectivity index (χ0n) is 14.6. The fraction of sp³-hybridized carbons (Fsp3) is 0.571. The van der Waals surface area contributed by atoms with Crippen LogP contribution < -0.4 is 5.32 Å². The van der Waals surface area contributed by atoms with Crippen LogP contribution in [-0.4, -0.2) is 16.4 Å². The maximum atomic E-state index is 13.1. The van der Waals surface area contributed by atoms with Crippen molar-refractivity contribution in [1.82, 2.24) is 10.3 Å². The third-order valence-electron chi connectivity index (χ3n) is 6.78. The number of fused-ring (bicyclic) bond motifs is 1. The van der Waals surface area contributed by atoms with Gasteiger partial charge in [0.2, 0.25) is 0 Å². The van der Waals surface area contributed by atoms with Gasteiger partial charge in [-0.2, -0.15) is 0 Å². The van der Waals surface area contributed by atoms with E-state index in [1.807, 2.05) is 6.20 Å². The number of hydrogen-bond acceptors (Lipinski definition) is 1. The lowest BCUT2D eigenvalue weighted by molar-refractivity contribution is -0.0166. The maximum absolute atomic E-state index is 13.1. The van der Waals surface area contributed by atoms with Gasteiger partial charge in [0.15, 0.2) is 0 Å². The first-order valence-corrected chi connectivity index (χ1v) is 9.42. The van der Waals surface area contributed by atoms with E-state index in [9.17, 15) is 4.79 Å². The molecular formula is C21H26N2O. The lowest BCUT2D eigenvalue weighted by atomic mass is 9.53. The van der Waals surface area contributed by atoms with Gasteiger partial charge in [-0.3, -0.25) is 4.79 Å². The average molecular weight is 322 g/mol. The summed E-state index contributed by atoms with van der Waals surface area (Å²) in [6.07, 6.45) is 9.70. The van der Waals surface area contributed by atoms with Gasteiger partial charge in [0, 0.05) is 22.6 Å². The molecule has 1 aromatic carbocycles. The summed E-state index contributed by atoms with van der Waals surface area (Å²) in [6, 6.07) is 4.29. The number of amides is 1. The number of carbonyl (C=O) groups is 1. The van der Waals surface area contributed by atoms with Crippen molar-refractivity contribution < 1.29 is 4.79 Å². The average Bonchev–Trinajstić information content (AvgIpc) is 2.89. The van der Waals surface area contributed by atoms with Gasteiger partial charge in [-0.05, 0) is 87.3 Å². The summed E-state index contributed by atoms with van der Waals surface area (Å²) in [4.78, 5) is 16.4. The van der Waals surface area contributed by atoms with Gasteiger partial charge in [-0.15, -0.1) is 0 Å². The molecule has 0 unspecified atom stereocenters. The monoisotopic (exact) mass is 322 g/mol. The second-order valence-electron chi connectivity index (χ2n) is 8.86. The molecule has 3 heteroatoms. The Labute approximate surface area is 143 Å². The summed E-state index contributed by atoms with van der Waals surface area (Å²) in [5.41, 5.74) is 4.38. The van der Waals surface area contributed by atoms with Crippen LogP contribution in [0.15, 0.2) is 18.3 Å². The molecule has 4 bridgehead atoms. The van der Waals surface area contributed by atoms with Crippen molar-refractivity contribution in [1.29, 1.82) is 0 Å². The molecule has 0 radical (unpaired) electrons. The van der Waals surface area contributed by atoms with E-state index in [1.54, 1.807) is 0 Å². The molecule has 2 aromatic rings. The summed E-state index contributed by atoms with van der Waals surface area (Å²) in [6.45, 7) is 4.20. The van der Waals surface area contributed by atoms with Gasteiger partial charge in [0.05, 0.1) is 5.56 Å². The van der Waals surface area contributed by atoms with Crippen molar-refractivity contribution in [2.24, 2.45) is 17.8 Å². The molecule has 4 fully saturated rings. The Bertz CT molecular complexity index is 796. The Kier molecular flexibility index (Phi) is 2.96. The van der Waals surface area contributed by atoms with Gasteiger partial charge in [-0.25, -0.2) is 0 Å². The molecule has 2 N–H and O–H groups in total. The Morgan fingerprint density at radius 1 is 1.08 bits per heavy atom. The van der Waals surface area contributed by atoms with E-state index in [-0.39, 0.29) is 11.4 Å². The van der Waals surface area contributed by atoms with Crippen LogP contribution in [0.4, 0.5) is 0 Å². The molecule has 0 spiro atoms. The molecule has 126 valence electrons. The van der Waals surface area contributed by atoms with Crippen LogP contribution in [0.2, 0.25) is 0 Å². The molecule has 4 aliphatic carbocycles. The molecule has 1 amide bonds. The van der Waals surface area contributed by atoms with E-state index < -0.39 is 0 Å². The van der Waals surface area contributed by atoms with E-state index in [4.69, 9.17) is 0 Å². The van der Waals surface area contributed by atoms with Crippen LogP contribution in [0.25, 0.3) is 10.9 Å². The molecule has 0 aliphatic heterocycles. The minimum absolute atomic E-state index is 0.0774. The standard InChI is InChI=1S/C21H26N2O/c1-12-3-13(2)19-17(11-22-18(19)4-12)20(24)23-21-8-14-5-15(9-21)7-16(6-14)10-21/h3-4,11,14-16,22H,5-10H2,1-2H3,(H,23,24). The Morgan fingerprint density at radius 2 is 1.71 bits per heavy atom. The van der Waals surface area contributed by atoms with Crippen LogP contribution in [0.3, 0.4) is 0 Å². The lowest BCUT2D eigenvalue weighted by Gasteiger charge is -2.56. The van der Waals surface area contributed by atoms with E-state index in [0.29, 0.717) is 0 Å². The van der Waals surface area contributed by atoms with Crippen molar-refractivity contribution in [3.63, 3.8) is 0 Å². The van der Waals surface area contributed by atoms with Crippen molar-refractivity contribution in [2.45, 2.75) is 57.9 Å². The molecule has 4 saturated carbocycles. The highest BCUT2D eigenvalue weighted by Gasteiger charge is 2.51. The minimum Gasteiger partial charge on any atom is -0.360 e. The summed E-state index contributed by atoms with van der Waals surface area (Å²) in [7, 11) is 0. The van der Waals surface area contributed by atoms with Gasteiger partial charge >= 0.3 is 0 Å². The van der Waals surface area contributed by atoms with Gasteiger partial charge in [0.25, 0.3) is 5.91 Å². The molecular weight excluding hydrogens is 296 g/mol. The second kappa shape index (κ2) is 4.87. The molecule has 0 atom stereocenters. The van der Waals surface area contributed by atoms with Crippen LogP contribution >= 0.6 is 0 Å². The van der Waals surface area contributed by atoms with Crippen LogP contribution in [0, 0.1) is 31.6 Å². The predicted octanol–water partition coefficient (Wildman–Crippen LogP) is 4.48. The minimum atomic E-state index is 0.0774. The molecule has 1 heterocycles. The SMILES string of the molecule is Cc1cc(C)c2c(C(=O)NC34CC5CC(CC(C5)C3)C4)c[nH]c2c1. The van der Waals surface area contributed by atoms with E-state index in [1.165, 1.54) is 49.7 Å². The number of nitrogens with one attached hydrogen (secondary N) is 2. The summed E-state index contributed by atoms with van der Waals surface area (Å²) >= 11 is 0. The molecule has 24 heavy (non-hydrogen) atoms. The number of aromatic amines is 1. The largest absolute Gasteiger partial charge is 0.360 e. The van der Waals surface area contributed by atoms with Crippen molar-refractivity contribution in [2.75, 3.05) is 0 Å². The van der Waals surface area contributed by atoms with Gasteiger partial charge < -0.3 is 10.3 Å². The van der Waals surface area contributed by atoms with Crippen LogP contribution in [0.1, 0.15) is 60.0 Å². The Hall–Kier alpha value is -1.77. The highest BCUT2D eigenvalue weighted by Crippen LogP contribution is 2.55. The number of aryl methyl sites for hydroxylation is 2. The van der Waals surface area contributed by atoms with E-state index in [2.05, 4.69) is 36.3 Å². The number of hydrogen-bond donors (Lipinski definition) is 2. The maximum Gasteiger partial charge on any atom is 0.253 e. The first-order valence-electron chi connectivity index (χ1n) is 9.42. The summed E-state index contributed by atoms with van der Waals surface area (Å²) < 4.78 is 0. The highest BCUT2D eigenvalue weighted by molar-refractivity contribution is 6.08. The zero-order chi connectivity index (χ0) is 16.5.